The zero-order chi connectivity index (χ0) is 13.9. The van der Waals surface area contributed by atoms with Crippen molar-refractivity contribution in [3.63, 3.8) is 0 Å². The molecule has 0 aromatic carbocycles. The Kier molecular flexibility index (Phi) is 4.38. The molecule has 0 unspecified atom stereocenters. The summed E-state index contributed by atoms with van der Waals surface area (Å²) >= 11 is 0. The molecule has 0 saturated heterocycles. The Balaban J connectivity index is 2.14. The summed E-state index contributed by atoms with van der Waals surface area (Å²) < 4.78 is 27.3. The third-order valence-electron chi connectivity index (χ3n) is 3.32. The highest BCUT2D eigenvalue weighted by atomic mass is 32.2. The quantitative estimate of drug-likeness (QED) is 0.757. The van der Waals surface area contributed by atoms with E-state index in [0.29, 0.717) is 31.5 Å². The maximum absolute atomic E-state index is 12.3. The normalized spacial score (nSPS) is 24.1. The maximum Gasteiger partial charge on any atom is 0.244 e. The predicted octanol–water partition coefficient (Wildman–Crippen LogP) is 0.705. The van der Waals surface area contributed by atoms with Crippen molar-refractivity contribution in [1.82, 2.24) is 9.71 Å². The molecule has 1 aliphatic rings. The Morgan fingerprint density at radius 2 is 2.00 bits per heavy atom. The van der Waals surface area contributed by atoms with Crippen molar-refractivity contribution in [1.29, 1.82) is 0 Å². The van der Waals surface area contributed by atoms with E-state index in [1.165, 1.54) is 6.07 Å². The van der Waals surface area contributed by atoms with Gasteiger partial charge >= 0.3 is 0 Å². The van der Waals surface area contributed by atoms with E-state index < -0.39 is 10.0 Å². The van der Waals surface area contributed by atoms with Crippen LogP contribution in [0.15, 0.2) is 23.2 Å². The van der Waals surface area contributed by atoms with Gasteiger partial charge in [-0.15, -0.1) is 0 Å². The molecule has 1 fully saturated rings. The molecule has 106 valence electrons. The number of aliphatic hydroxyl groups excluding tert-OH is 1. The fraction of sp³-hybridized carbons (Fsp3) is 0.583. The molecule has 0 aliphatic heterocycles. The van der Waals surface area contributed by atoms with Gasteiger partial charge in [0, 0.05) is 19.3 Å². The van der Waals surface area contributed by atoms with Crippen molar-refractivity contribution in [3.8, 4) is 0 Å². The fourth-order valence-electron chi connectivity index (χ4n) is 2.27. The number of nitrogens with one attached hydrogen (secondary N) is 2. The van der Waals surface area contributed by atoms with Crippen LogP contribution < -0.4 is 10.0 Å². The lowest BCUT2D eigenvalue weighted by molar-refractivity contribution is 0.120. The molecule has 2 rings (SSSR count). The first-order chi connectivity index (χ1) is 9.03. The zero-order valence-corrected chi connectivity index (χ0v) is 11.7. The van der Waals surface area contributed by atoms with Crippen LogP contribution in [0, 0.1) is 0 Å². The third-order valence-corrected chi connectivity index (χ3v) is 4.87. The van der Waals surface area contributed by atoms with Crippen LogP contribution in [0.25, 0.3) is 0 Å². The lowest BCUT2D eigenvalue weighted by Gasteiger charge is -2.26. The van der Waals surface area contributed by atoms with Gasteiger partial charge in [-0.1, -0.05) is 0 Å². The standard InChI is InChI=1S/C12H19N3O3S/c1-13-12-11(3-2-8-14-12)19(17,18)15-9-4-6-10(16)7-5-9/h2-3,8-10,15-16H,4-7H2,1H3,(H,13,14). The first-order valence-corrected chi connectivity index (χ1v) is 7.84. The average Bonchev–Trinajstić information content (AvgIpc) is 2.41. The number of sulfonamides is 1. The van der Waals surface area contributed by atoms with Gasteiger partial charge in [0.25, 0.3) is 0 Å². The van der Waals surface area contributed by atoms with Gasteiger partial charge in [-0.25, -0.2) is 18.1 Å². The number of hydrogen-bond donors (Lipinski definition) is 3. The number of aromatic nitrogens is 1. The molecule has 1 heterocycles. The van der Waals surface area contributed by atoms with Crippen LogP contribution >= 0.6 is 0 Å². The van der Waals surface area contributed by atoms with Gasteiger partial charge in [-0.3, -0.25) is 0 Å². The minimum absolute atomic E-state index is 0.113. The Morgan fingerprint density at radius 1 is 1.32 bits per heavy atom. The molecule has 1 saturated carbocycles. The molecule has 1 aliphatic carbocycles. The Hall–Kier alpha value is -1.18. The molecule has 0 atom stereocenters. The summed E-state index contributed by atoms with van der Waals surface area (Å²) in [6.07, 6.45) is 3.84. The number of hydrogen-bond acceptors (Lipinski definition) is 5. The highest BCUT2D eigenvalue weighted by Crippen LogP contribution is 2.22. The van der Waals surface area contributed by atoms with E-state index in [1.807, 2.05) is 0 Å². The van der Waals surface area contributed by atoms with E-state index in [4.69, 9.17) is 0 Å². The van der Waals surface area contributed by atoms with Gasteiger partial charge in [-0.2, -0.15) is 0 Å². The van der Waals surface area contributed by atoms with Crippen LogP contribution in [-0.2, 0) is 10.0 Å². The molecule has 6 nitrogen and oxygen atoms in total. The van der Waals surface area contributed by atoms with Crippen molar-refractivity contribution >= 4 is 15.8 Å². The monoisotopic (exact) mass is 285 g/mol. The van der Waals surface area contributed by atoms with Crippen LogP contribution in [-0.4, -0.2) is 37.7 Å². The molecule has 0 spiro atoms. The van der Waals surface area contributed by atoms with Crippen LogP contribution in [0.4, 0.5) is 5.82 Å². The Labute approximate surface area is 113 Å². The smallest absolute Gasteiger partial charge is 0.244 e. The number of pyridine rings is 1. The Bertz CT molecular complexity index is 525. The highest BCUT2D eigenvalue weighted by Gasteiger charge is 2.26. The van der Waals surface area contributed by atoms with Crippen LogP contribution in [0.3, 0.4) is 0 Å². The van der Waals surface area contributed by atoms with E-state index in [0.717, 1.165) is 0 Å². The predicted molar refractivity (Wildman–Crippen MR) is 72.4 cm³/mol. The second kappa shape index (κ2) is 5.85. The van der Waals surface area contributed by atoms with Crippen molar-refractivity contribution in [2.24, 2.45) is 0 Å². The van der Waals surface area contributed by atoms with Gasteiger partial charge < -0.3 is 10.4 Å². The molecular formula is C12H19N3O3S. The zero-order valence-electron chi connectivity index (χ0n) is 10.8. The molecule has 7 heteroatoms. The topological polar surface area (TPSA) is 91.3 Å². The molecule has 1 aromatic rings. The second-order valence-electron chi connectivity index (χ2n) is 4.73. The summed E-state index contributed by atoms with van der Waals surface area (Å²) in [5.74, 6) is 0.339. The third kappa shape index (κ3) is 3.43. The molecule has 19 heavy (non-hydrogen) atoms. The number of rotatable bonds is 4. The van der Waals surface area contributed by atoms with Crippen molar-refractivity contribution < 1.29 is 13.5 Å². The van der Waals surface area contributed by atoms with E-state index >= 15 is 0 Å². The average molecular weight is 285 g/mol. The van der Waals surface area contributed by atoms with Gasteiger partial charge in [0.05, 0.1) is 6.10 Å². The first kappa shape index (κ1) is 14.2. The number of anilines is 1. The molecular weight excluding hydrogens is 266 g/mol. The summed E-state index contributed by atoms with van der Waals surface area (Å²) in [6.45, 7) is 0. The minimum atomic E-state index is -3.58. The van der Waals surface area contributed by atoms with E-state index in [-0.39, 0.29) is 17.0 Å². The van der Waals surface area contributed by atoms with Crippen LogP contribution in [0.5, 0.6) is 0 Å². The molecule has 1 aromatic heterocycles. The largest absolute Gasteiger partial charge is 0.393 e. The lowest BCUT2D eigenvalue weighted by atomic mass is 9.94. The lowest BCUT2D eigenvalue weighted by Crippen LogP contribution is -2.38. The molecule has 0 radical (unpaired) electrons. The van der Waals surface area contributed by atoms with Gasteiger partial charge in [0.1, 0.15) is 10.7 Å². The van der Waals surface area contributed by atoms with Gasteiger partial charge in [0.2, 0.25) is 10.0 Å². The summed E-state index contributed by atoms with van der Waals surface area (Å²) in [5.41, 5.74) is 0. The van der Waals surface area contributed by atoms with Gasteiger partial charge in [-0.05, 0) is 37.8 Å². The summed E-state index contributed by atoms with van der Waals surface area (Å²) in [5, 5.41) is 12.2. The maximum atomic E-state index is 12.3. The van der Waals surface area contributed by atoms with Crippen LogP contribution in [0.2, 0.25) is 0 Å². The summed E-state index contributed by atoms with van der Waals surface area (Å²) in [6, 6.07) is 3.01. The number of aliphatic hydroxyl groups is 1. The van der Waals surface area contributed by atoms with E-state index in [2.05, 4.69) is 15.0 Å². The molecule has 0 bridgehead atoms. The van der Waals surface area contributed by atoms with Gasteiger partial charge in [0.15, 0.2) is 0 Å². The molecule has 3 N–H and O–H groups in total. The van der Waals surface area contributed by atoms with E-state index in [9.17, 15) is 13.5 Å². The SMILES string of the molecule is CNc1ncccc1S(=O)(=O)NC1CCC(O)CC1. The second-order valence-corrected chi connectivity index (χ2v) is 6.41. The minimum Gasteiger partial charge on any atom is -0.393 e. The van der Waals surface area contributed by atoms with Crippen molar-refractivity contribution in [3.05, 3.63) is 18.3 Å². The fourth-order valence-corrected chi connectivity index (χ4v) is 3.74. The number of nitrogens with zero attached hydrogens (tertiary/aromatic N) is 1. The van der Waals surface area contributed by atoms with Crippen molar-refractivity contribution in [2.75, 3.05) is 12.4 Å². The van der Waals surface area contributed by atoms with E-state index in [1.54, 1.807) is 19.3 Å². The van der Waals surface area contributed by atoms with Crippen LogP contribution in [0.1, 0.15) is 25.7 Å². The summed E-state index contributed by atoms with van der Waals surface area (Å²) in [4.78, 5) is 4.15. The van der Waals surface area contributed by atoms with Crippen molar-refractivity contribution in [2.45, 2.75) is 42.7 Å². The first-order valence-electron chi connectivity index (χ1n) is 6.36. The Morgan fingerprint density at radius 3 is 2.63 bits per heavy atom. The summed E-state index contributed by atoms with van der Waals surface area (Å²) in [7, 11) is -1.94. The molecule has 0 amide bonds. The highest BCUT2D eigenvalue weighted by molar-refractivity contribution is 7.89.